The summed E-state index contributed by atoms with van der Waals surface area (Å²) in [5, 5.41) is 5.99. The summed E-state index contributed by atoms with van der Waals surface area (Å²) in [6, 6.07) is 5.27. The molecular weight excluding hydrogens is 450 g/mol. The molecule has 1 aromatic carbocycles. The van der Waals surface area contributed by atoms with E-state index in [1.807, 2.05) is 0 Å². The Kier molecular flexibility index (Phi) is 6.99. The maximum atomic E-state index is 13.1. The lowest BCUT2D eigenvalue weighted by Crippen LogP contribution is -2.48. The lowest BCUT2D eigenvalue weighted by Gasteiger charge is -2.34. The van der Waals surface area contributed by atoms with Crippen LogP contribution in [0.1, 0.15) is 30.0 Å². The van der Waals surface area contributed by atoms with Crippen LogP contribution in [-0.4, -0.2) is 61.7 Å². The summed E-state index contributed by atoms with van der Waals surface area (Å²) < 4.78 is 42.8. The van der Waals surface area contributed by atoms with Crippen LogP contribution in [-0.2, 0) is 24.3 Å². The SMILES string of the molecule is Cc1cc(NC(=O)COC(=O)c2ccc(Cl)c(S(=O)(=O)N3CC(C)OC(C)C3)c2)no1. The summed E-state index contributed by atoms with van der Waals surface area (Å²) in [6.07, 6.45) is -0.560. The van der Waals surface area contributed by atoms with Crippen LogP contribution in [0, 0.1) is 6.92 Å². The van der Waals surface area contributed by atoms with Gasteiger partial charge in [0.15, 0.2) is 12.4 Å². The lowest BCUT2D eigenvalue weighted by molar-refractivity contribution is -0.119. The van der Waals surface area contributed by atoms with E-state index in [-0.39, 0.29) is 46.6 Å². The smallest absolute Gasteiger partial charge is 0.338 e. The second-order valence-corrected chi connectivity index (χ2v) is 9.49. The Morgan fingerprint density at radius 1 is 1.26 bits per heavy atom. The van der Waals surface area contributed by atoms with E-state index in [0.29, 0.717) is 5.76 Å². The zero-order chi connectivity index (χ0) is 22.8. The van der Waals surface area contributed by atoms with Crippen LogP contribution in [0.25, 0.3) is 0 Å². The Balaban J connectivity index is 1.71. The first-order valence-electron chi connectivity index (χ1n) is 9.41. The summed E-state index contributed by atoms with van der Waals surface area (Å²) in [6.45, 7) is 4.96. The van der Waals surface area contributed by atoms with Gasteiger partial charge in [-0.15, -0.1) is 0 Å². The third-order valence-electron chi connectivity index (χ3n) is 4.40. The highest BCUT2D eigenvalue weighted by atomic mass is 35.5. The molecule has 1 amide bonds. The van der Waals surface area contributed by atoms with Crippen molar-refractivity contribution in [2.45, 2.75) is 37.9 Å². The first-order valence-corrected chi connectivity index (χ1v) is 11.2. The van der Waals surface area contributed by atoms with Gasteiger partial charge in [0.05, 0.1) is 22.8 Å². The number of morpholine rings is 1. The lowest BCUT2D eigenvalue weighted by atomic mass is 10.2. The number of hydrogen-bond donors (Lipinski definition) is 1. The molecule has 0 bridgehead atoms. The molecular formula is C19H22ClN3O7S. The number of aryl methyl sites for hydroxylation is 1. The molecule has 1 saturated heterocycles. The molecule has 0 spiro atoms. The number of aromatic nitrogens is 1. The van der Waals surface area contributed by atoms with E-state index >= 15 is 0 Å². The van der Waals surface area contributed by atoms with Gasteiger partial charge in [-0.05, 0) is 39.0 Å². The number of sulfonamides is 1. The fraction of sp³-hybridized carbons (Fsp3) is 0.421. The van der Waals surface area contributed by atoms with E-state index in [0.717, 1.165) is 6.07 Å². The molecule has 1 aromatic heterocycles. The molecule has 0 radical (unpaired) electrons. The predicted octanol–water partition coefficient (Wildman–Crippen LogP) is 2.23. The van der Waals surface area contributed by atoms with Crippen LogP contribution in [0.5, 0.6) is 0 Å². The van der Waals surface area contributed by atoms with Crippen LogP contribution >= 0.6 is 11.6 Å². The molecule has 2 aromatic rings. The Bertz CT molecular complexity index is 1080. The van der Waals surface area contributed by atoms with Crippen LogP contribution in [0.2, 0.25) is 5.02 Å². The van der Waals surface area contributed by atoms with Gasteiger partial charge in [-0.2, -0.15) is 4.31 Å². The summed E-state index contributed by atoms with van der Waals surface area (Å²) in [4.78, 5) is 24.1. The van der Waals surface area contributed by atoms with Crippen molar-refractivity contribution in [2.75, 3.05) is 25.0 Å². The molecule has 0 saturated carbocycles. The van der Waals surface area contributed by atoms with Crippen molar-refractivity contribution in [3.05, 3.63) is 40.6 Å². The maximum absolute atomic E-state index is 13.1. The average Bonchev–Trinajstić information content (AvgIpc) is 3.10. The molecule has 1 aliphatic rings. The van der Waals surface area contributed by atoms with Crippen LogP contribution in [0.15, 0.2) is 33.7 Å². The quantitative estimate of drug-likeness (QED) is 0.635. The standard InChI is InChI=1S/C19H22ClN3O7S/c1-11-6-17(22-30-11)21-18(24)10-28-19(25)14-4-5-15(20)16(7-14)31(26,27)23-8-12(2)29-13(3)9-23/h4-7,12-13H,8-10H2,1-3H3,(H,21,22,24). The molecule has 2 unspecified atom stereocenters. The first-order chi connectivity index (χ1) is 14.6. The van der Waals surface area contributed by atoms with E-state index in [9.17, 15) is 18.0 Å². The number of amides is 1. The third kappa shape index (κ3) is 5.62. The van der Waals surface area contributed by atoms with E-state index in [2.05, 4.69) is 10.5 Å². The summed E-state index contributed by atoms with van der Waals surface area (Å²) in [7, 11) is -3.97. The Morgan fingerprint density at radius 2 is 1.94 bits per heavy atom. The van der Waals surface area contributed by atoms with Gasteiger partial charge in [-0.3, -0.25) is 4.79 Å². The van der Waals surface area contributed by atoms with Crippen molar-refractivity contribution < 1.29 is 32.0 Å². The Morgan fingerprint density at radius 3 is 2.55 bits per heavy atom. The van der Waals surface area contributed by atoms with Gasteiger partial charge in [0.25, 0.3) is 5.91 Å². The molecule has 2 atom stereocenters. The van der Waals surface area contributed by atoms with E-state index in [1.54, 1.807) is 20.8 Å². The zero-order valence-electron chi connectivity index (χ0n) is 17.1. The van der Waals surface area contributed by atoms with Gasteiger partial charge in [-0.25, -0.2) is 13.2 Å². The van der Waals surface area contributed by atoms with Crippen molar-refractivity contribution in [1.82, 2.24) is 9.46 Å². The molecule has 0 aliphatic carbocycles. The molecule has 3 rings (SSSR count). The van der Waals surface area contributed by atoms with Crippen molar-refractivity contribution >= 4 is 39.3 Å². The van der Waals surface area contributed by atoms with Crippen LogP contribution < -0.4 is 5.32 Å². The number of halogens is 1. The highest BCUT2D eigenvalue weighted by molar-refractivity contribution is 7.89. The number of benzene rings is 1. The largest absolute Gasteiger partial charge is 0.452 e. The number of carbonyl (C=O) groups is 2. The summed E-state index contributed by atoms with van der Waals surface area (Å²) >= 11 is 6.13. The molecule has 1 N–H and O–H groups in total. The third-order valence-corrected chi connectivity index (χ3v) is 6.71. The fourth-order valence-electron chi connectivity index (χ4n) is 3.11. The molecule has 2 heterocycles. The van der Waals surface area contributed by atoms with E-state index in [4.69, 9.17) is 25.6 Å². The predicted molar refractivity (Wildman–Crippen MR) is 110 cm³/mol. The number of anilines is 1. The number of nitrogens with one attached hydrogen (secondary N) is 1. The number of carbonyl (C=O) groups excluding carboxylic acids is 2. The van der Waals surface area contributed by atoms with E-state index in [1.165, 1.54) is 22.5 Å². The van der Waals surface area contributed by atoms with Gasteiger partial charge in [0.1, 0.15) is 10.7 Å². The number of nitrogens with zero attached hydrogens (tertiary/aromatic N) is 2. The van der Waals surface area contributed by atoms with E-state index < -0.39 is 28.5 Å². The van der Waals surface area contributed by atoms with Crippen LogP contribution in [0.3, 0.4) is 0 Å². The van der Waals surface area contributed by atoms with Gasteiger partial charge < -0.3 is 19.3 Å². The van der Waals surface area contributed by atoms with Crippen molar-refractivity contribution in [3.63, 3.8) is 0 Å². The molecule has 1 fully saturated rings. The zero-order valence-corrected chi connectivity index (χ0v) is 18.7. The number of esters is 1. The number of hydrogen-bond acceptors (Lipinski definition) is 8. The normalized spacial score (nSPS) is 19.7. The molecule has 10 nitrogen and oxygen atoms in total. The van der Waals surface area contributed by atoms with Gasteiger partial charge in [0.2, 0.25) is 10.0 Å². The highest BCUT2D eigenvalue weighted by Crippen LogP contribution is 2.28. The first kappa shape index (κ1) is 23.2. The minimum Gasteiger partial charge on any atom is -0.452 e. The van der Waals surface area contributed by atoms with Gasteiger partial charge in [-0.1, -0.05) is 16.8 Å². The van der Waals surface area contributed by atoms with Gasteiger partial charge >= 0.3 is 5.97 Å². The van der Waals surface area contributed by atoms with Crippen molar-refractivity contribution in [3.8, 4) is 0 Å². The topological polar surface area (TPSA) is 128 Å². The fourth-order valence-corrected chi connectivity index (χ4v) is 5.20. The van der Waals surface area contributed by atoms with Crippen molar-refractivity contribution in [2.24, 2.45) is 0 Å². The monoisotopic (exact) mass is 471 g/mol. The molecule has 1 aliphatic heterocycles. The molecule has 168 valence electrons. The molecule has 31 heavy (non-hydrogen) atoms. The average molecular weight is 472 g/mol. The summed E-state index contributed by atoms with van der Waals surface area (Å²) in [5.41, 5.74) is -0.0533. The van der Waals surface area contributed by atoms with Crippen molar-refractivity contribution in [1.29, 1.82) is 0 Å². The highest BCUT2D eigenvalue weighted by Gasteiger charge is 2.34. The number of rotatable bonds is 6. The Labute approximate surface area is 184 Å². The second kappa shape index (κ2) is 9.35. The summed E-state index contributed by atoms with van der Waals surface area (Å²) in [5.74, 6) is -0.804. The minimum absolute atomic E-state index is 0.0255. The maximum Gasteiger partial charge on any atom is 0.338 e. The second-order valence-electron chi connectivity index (χ2n) is 7.17. The van der Waals surface area contributed by atoms with Gasteiger partial charge in [0, 0.05) is 19.2 Å². The number of ether oxygens (including phenoxy) is 2. The van der Waals surface area contributed by atoms with Crippen LogP contribution in [0.4, 0.5) is 5.82 Å². The minimum atomic E-state index is -3.97. The Hall–Kier alpha value is -2.47. The molecule has 12 heteroatoms.